The van der Waals surface area contributed by atoms with Gasteiger partial charge in [-0.1, -0.05) is 13.0 Å². The van der Waals surface area contributed by atoms with E-state index in [-0.39, 0.29) is 5.82 Å². The first-order valence-electron chi connectivity index (χ1n) is 6.17. The first kappa shape index (κ1) is 14.4. The Labute approximate surface area is 124 Å². The van der Waals surface area contributed by atoms with Gasteiger partial charge in [-0.3, -0.25) is 0 Å². The number of anilines is 1. The van der Waals surface area contributed by atoms with E-state index in [9.17, 15) is 10.1 Å². The predicted molar refractivity (Wildman–Crippen MR) is 78.7 cm³/mol. The van der Waals surface area contributed by atoms with Gasteiger partial charge in [-0.25, -0.2) is 4.98 Å². The highest BCUT2D eigenvalue weighted by molar-refractivity contribution is 9.10. The van der Waals surface area contributed by atoms with Gasteiger partial charge in [0.1, 0.15) is 16.8 Å². The zero-order valence-electron chi connectivity index (χ0n) is 10.9. The molecule has 0 amide bonds. The summed E-state index contributed by atoms with van der Waals surface area (Å²) >= 11 is 3.12. The summed E-state index contributed by atoms with van der Waals surface area (Å²) in [5, 5.41) is 17.8. The average Bonchev–Trinajstić information content (AvgIpc) is 2.78. The summed E-state index contributed by atoms with van der Waals surface area (Å²) in [6.45, 7) is 3.32. The highest BCUT2D eigenvalue weighted by Crippen LogP contribution is 2.22. The van der Waals surface area contributed by atoms with Crippen molar-refractivity contribution in [2.24, 2.45) is 0 Å². The summed E-state index contributed by atoms with van der Waals surface area (Å²) in [7, 11) is 0. The van der Waals surface area contributed by atoms with Crippen LogP contribution in [0.3, 0.4) is 0 Å². The Morgan fingerprint density at radius 1 is 1.50 bits per heavy atom. The molecule has 20 heavy (non-hydrogen) atoms. The summed E-state index contributed by atoms with van der Waals surface area (Å²) in [5.74, 6) is 0.607. The molecular weight excluding hydrogens is 326 g/mol. The molecule has 0 saturated carbocycles. The maximum atomic E-state index is 10.7. The number of aromatic nitrogens is 3. The molecule has 0 unspecified atom stereocenters. The zero-order chi connectivity index (χ0) is 14.5. The van der Waals surface area contributed by atoms with Crippen LogP contribution >= 0.6 is 15.9 Å². The molecule has 2 aromatic heterocycles. The van der Waals surface area contributed by atoms with Crippen molar-refractivity contribution < 1.29 is 4.92 Å². The van der Waals surface area contributed by atoms with E-state index >= 15 is 0 Å². The van der Waals surface area contributed by atoms with Crippen molar-refractivity contribution in [3.8, 4) is 0 Å². The van der Waals surface area contributed by atoms with Crippen LogP contribution in [0.15, 0.2) is 28.9 Å². The fraction of sp³-hybridized carbons (Fsp3) is 0.333. The van der Waals surface area contributed by atoms with Crippen LogP contribution in [0.1, 0.15) is 19.0 Å². The topological polar surface area (TPSA) is 85.9 Å². The molecule has 0 atom stereocenters. The number of rotatable bonds is 6. The van der Waals surface area contributed by atoms with Crippen LogP contribution in [0.25, 0.3) is 0 Å². The molecule has 0 saturated heterocycles. The van der Waals surface area contributed by atoms with Gasteiger partial charge in [0.25, 0.3) is 0 Å². The Morgan fingerprint density at radius 2 is 2.30 bits per heavy atom. The number of pyridine rings is 1. The van der Waals surface area contributed by atoms with Crippen LogP contribution in [-0.4, -0.2) is 26.2 Å². The Morgan fingerprint density at radius 3 is 2.95 bits per heavy atom. The average molecular weight is 340 g/mol. The SMILES string of the molecule is CCCNc1cccc(Cn2cc(Br)c([N+](=O)[O-])n2)n1. The predicted octanol–water partition coefficient (Wildman–Crippen LogP) is 2.82. The molecule has 0 radical (unpaired) electrons. The molecule has 0 aliphatic rings. The fourth-order valence-electron chi connectivity index (χ4n) is 1.68. The fourth-order valence-corrected chi connectivity index (χ4v) is 2.14. The summed E-state index contributed by atoms with van der Waals surface area (Å²) < 4.78 is 1.86. The third-order valence-electron chi connectivity index (χ3n) is 2.56. The van der Waals surface area contributed by atoms with Crippen molar-refractivity contribution in [1.29, 1.82) is 0 Å². The molecule has 106 valence electrons. The molecule has 1 N–H and O–H groups in total. The van der Waals surface area contributed by atoms with E-state index in [1.54, 1.807) is 6.20 Å². The Balaban J connectivity index is 2.13. The van der Waals surface area contributed by atoms with Gasteiger partial charge in [-0.2, -0.15) is 4.68 Å². The van der Waals surface area contributed by atoms with Crippen LogP contribution in [0.5, 0.6) is 0 Å². The van der Waals surface area contributed by atoms with E-state index in [0.29, 0.717) is 11.0 Å². The minimum Gasteiger partial charge on any atom is -0.370 e. The molecule has 2 aromatic rings. The van der Waals surface area contributed by atoms with Crippen molar-refractivity contribution >= 4 is 27.6 Å². The van der Waals surface area contributed by atoms with Crippen molar-refractivity contribution in [3.63, 3.8) is 0 Å². The van der Waals surface area contributed by atoms with E-state index in [1.807, 2.05) is 18.2 Å². The van der Waals surface area contributed by atoms with Gasteiger partial charge in [0.15, 0.2) is 0 Å². The minimum atomic E-state index is -0.521. The molecular formula is C12H14BrN5O2. The van der Waals surface area contributed by atoms with Gasteiger partial charge in [-0.15, -0.1) is 0 Å². The second-order valence-corrected chi connectivity index (χ2v) is 5.05. The summed E-state index contributed by atoms with van der Waals surface area (Å²) in [6, 6.07) is 5.65. The lowest BCUT2D eigenvalue weighted by molar-refractivity contribution is -0.390. The van der Waals surface area contributed by atoms with Crippen LogP contribution in [0.2, 0.25) is 0 Å². The number of halogens is 1. The lowest BCUT2D eigenvalue weighted by atomic mass is 10.3. The van der Waals surface area contributed by atoms with Gasteiger partial charge in [0.05, 0.1) is 17.0 Å². The molecule has 0 fully saturated rings. The van der Waals surface area contributed by atoms with E-state index in [0.717, 1.165) is 24.5 Å². The first-order chi connectivity index (χ1) is 9.60. The van der Waals surface area contributed by atoms with Gasteiger partial charge < -0.3 is 15.4 Å². The van der Waals surface area contributed by atoms with E-state index in [1.165, 1.54) is 4.68 Å². The van der Waals surface area contributed by atoms with Crippen molar-refractivity contribution in [2.45, 2.75) is 19.9 Å². The standard InChI is InChI=1S/C12H14BrN5O2/c1-2-6-14-11-5-3-4-9(15-11)7-17-8-10(13)12(16-17)18(19)20/h3-5,8H,2,6-7H2,1H3,(H,14,15). The van der Waals surface area contributed by atoms with Crippen molar-refractivity contribution in [3.05, 3.63) is 44.7 Å². The largest absolute Gasteiger partial charge is 0.404 e. The van der Waals surface area contributed by atoms with Crippen LogP contribution in [0.4, 0.5) is 11.6 Å². The molecule has 8 heteroatoms. The normalized spacial score (nSPS) is 10.5. The zero-order valence-corrected chi connectivity index (χ0v) is 12.5. The second-order valence-electron chi connectivity index (χ2n) is 4.20. The van der Waals surface area contributed by atoms with E-state index < -0.39 is 4.92 Å². The molecule has 7 nitrogen and oxygen atoms in total. The number of hydrogen-bond donors (Lipinski definition) is 1. The Kier molecular flexibility index (Phi) is 4.67. The first-order valence-corrected chi connectivity index (χ1v) is 6.96. The molecule has 0 aliphatic carbocycles. The third-order valence-corrected chi connectivity index (χ3v) is 3.12. The second kappa shape index (κ2) is 6.47. The van der Waals surface area contributed by atoms with Gasteiger partial charge >= 0.3 is 5.82 Å². The number of nitro groups is 1. The number of nitrogens with one attached hydrogen (secondary N) is 1. The molecule has 0 spiro atoms. The highest BCUT2D eigenvalue weighted by Gasteiger charge is 2.18. The van der Waals surface area contributed by atoms with Crippen molar-refractivity contribution in [1.82, 2.24) is 14.8 Å². The maximum absolute atomic E-state index is 10.7. The quantitative estimate of drug-likeness (QED) is 0.645. The van der Waals surface area contributed by atoms with Gasteiger partial charge in [0, 0.05) is 6.54 Å². The summed E-state index contributed by atoms with van der Waals surface area (Å²) in [6.07, 6.45) is 2.59. The lowest BCUT2D eigenvalue weighted by Gasteiger charge is -2.05. The molecule has 2 rings (SSSR count). The Hall–Kier alpha value is -1.96. The van der Waals surface area contributed by atoms with E-state index in [4.69, 9.17) is 0 Å². The van der Waals surface area contributed by atoms with Gasteiger partial charge in [0.2, 0.25) is 0 Å². The highest BCUT2D eigenvalue weighted by atomic mass is 79.9. The number of nitrogens with zero attached hydrogens (tertiary/aromatic N) is 4. The van der Waals surface area contributed by atoms with Gasteiger partial charge in [-0.05, 0) is 39.4 Å². The maximum Gasteiger partial charge on any atom is 0.404 e. The molecule has 2 heterocycles. The van der Waals surface area contributed by atoms with E-state index in [2.05, 4.69) is 38.3 Å². The monoisotopic (exact) mass is 339 g/mol. The van der Waals surface area contributed by atoms with Crippen molar-refractivity contribution in [2.75, 3.05) is 11.9 Å². The van der Waals surface area contributed by atoms with Crippen LogP contribution < -0.4 is 5.32 Å². The summed E-state index contributed by atoms with van der Waals surface area (Å²) in [5.41, 5.74) is 0.788. The number of hydrogen-bond acceptors (Lipinski definition) is 5. The summed E-state index contributed by atoms with van der Waals surface area (Å²) in [4.78, 5) is 14.6. The smallest absolute Gasteiger partial charge is 0.370 e. The molecule has 0 bridgehead atoms. The van der Waals surface area contributed by atoms with Crippen LogP contribution in [0, 0.1) is 10.1 Å². The lowest BCUT2D eigenvalue weighted by Crippen LogP contribution is -2.06. The minimum absolute atomic E-state index is 0.190. The molecule has 0 aliphatic heterocycles. The van der Waals surface area contributed by atoms with Crippen LogP contribution in [-0.2, 0) is 6.54 Å². The Bertz CT molecular complexity index is 614. The molecule has 0 aromatic carbocycles. The third kappa shape index (κ3) is 3.53.